The number of pyridine rings is 1. The monoisotopic (exact) mass is 246 g/mol. The van der Waals surface area contributed by atoms with Crippen LogP contribution in [0, 0.1) is 11.3 Å². The molecule has 0 aliphatic heterocycles. The van der Waals surface area contributed by atoms with Crippen molar-refractivity contribution in [3.8, 4) is 17.7 Å². The Bertz CT molecular complexity index is 758. The van der Waals surface area contributed by atoms with E-state index < -0.39 is 0 Å². The van der Waals surface area contributed by atoms with Gasteiger partial charge in [-0.1, -0.05) is 30.3 Å². The molecule has 1 heterocycles. The molecule has 19 heavy (non-hydrogen) atoms. The Kier molecular flexibility index (Phi) is 2.83. The lowest BCUT2D eigenvalue weighted by molar-refractivity contribution is 0.463. The van der Waals surface area contributed by atoms with Gasteiger partial charge in [-0.3, -0.25) is 0 Å². The number of rotatable bonds is 2. The fraction of sp³-hybridized carbons (Fsp3) is 0. The van der Waals surface area contributed by atoms with Gasteiger partial charge >= 0.3 is 0 Å². The minimum Gasteiger partial charge on any atom is -0.439 e. The van der Waals surface area contributed by atoms with Gasteiger partial charge in [-0.15, -0.1) is 0 Å². The number of hydrogen-bond acceptors (Lipinski definition) is 3. The molecule has 0 aliphatic carbocycles. The summed E-state index contributed by atoms with van der Waals surface area (Å²) in [6.45, 7) is 0. The van der Waals surface area contributed by atoms with E-state index in [0.717, 1.165) is 11.1 Å². The molecule has 3 rings (SSSR count). The summed E-state index contributed by atoms with van der Waals surface area (Å²) >= 11 is 0. The Labute approximate surface area is 110 Å². The summed E-state index contributed by atoms with van der Waals surface area (Å²) < 4.78 is 5.67. The van der Waals surface area contributed by atoms with Crippen LogP contribution in [0.2, 0.25) is 0 Å². The molecule has 0 spiro atoms. The SMILES string of the molecule is N#Cc1ccc(Oc2ccc3ccccc3c2)nc1. The van der Waals surface area contributed by atoms with Crippen LogP contribution in [-0.4, -0.2) is 4.98 Å². The third-order valence-electron chi connectivity index (χ3n) is 2.81. The van der Waals surface area contributed by atoms with Crippen LogP contribution in [0.1, 0.15) is 5.56 Å². The summed E-state index contributed by atoms with van der Waals surface area (Å²) in [4.78, 5) is 4.08. The summed E-state index contributed by atoms with van der Waals surface area (Å²) in [6, 6.07) is 19.4. The molecule has 3 aromatic rings. The van der Waals surface area contributed by atoms with Crippen LogP contribution in [0.5, 0.6) is 11.6 Å². The second-order valence-electron chi connectivity index (χ2n) is 4.11. The van der Waals surface area contributed by atoms with Crippen LogP contribution in [0.15, 0.2) is 60.8 Å². The number of ether oxygens (including phenoxy) is 1. The van der Waals surface area contributed by atoms with Crippen molar-refractivity contribution in [2.24, 2.45) is 0 Å². The Morgan fingerprint density at radius 1 is 0.947 bits per heavy atom. The van der Waals surface area contributed by atoms with Crippen molar-refractivity contribution in [1.29, 1.82) is 5.26 Å². The maximum absolute atomic E-state index is 8.71. The molecule has 0 aliphatic rings. The van der Waals surface area contributed by atoms with E-state index in [2.05, 4.69) is 11.1 Å². The van der Waals surface area contributed by atoms with Crippen molar-refractivity contribution < 1.29 is 4.74 Å². The molecule has 3 nitrogen and oxygen atoms in total. The van der Waals surface area contributed by atoms with Gasteiger partial charge in [0.2, 0.25) is 5.88 Å². The van der Waals surface area contributed by atoms with Gasteiger partial charge in [-0.05, 0) is 29.0 Å². The molecule has 0 atom stereocenters. The number of nitrogens with zero attached hydrogens (tertiary/aromatic N) is 2. The van der Waals surface area contributed by atoms with Gasteiger partial charge in [0.15, 0.2) is 0 Å². The average Bonchev–Trinajstić information content (AvgIpc) is 2.48. The lowest BCUT2D eigenvalue weighted by Gasteiger charge is -2.05. The van der Waals surface area contributed by atoms with E-state index in [-0.39, 0.29) is 0 Å². The molecule has 3 heteroatoms. The highest BCUT2D eigenvalue weighted by molar-refractivity contribution is 5.83. The lowest BCUT2D eigenvalue weighted by atomic mass is 10.1. The minimum atomic E-state index is 0.481. The highest BCUT2D eigenvalue weighted by Crippen LogP contribution is 2.24. The molecule has 2 aromatic carbocycles. The normalized spacial score (nSPS) is 10.1. The molecular formula is C16H10N2O. The zero-order valence-electron chi connectivity index (χ0n) is 10.1. The van der Waals surface area contributed by atoms with Crippen LogP contribution >= 0.6 is 0 Å². The molecule has 0 saturated heterocycles. The van der Waals surface area contributed by atoms with Crippen molar-refractivity contribution in [3.63, 3.8) is 0 Å². The first kappa shape index (κ1) is 11.2. The van der Waals surface area contributed by atoms with Crippen molar-refractivity contribution in [3.05, 3.63) is 66.4 Å². The first-order valence-corrected chi connectivity index (χ1v) is 5.88. The summed E-state index contributed by atoms with van der Waals surface area (Å²) in [5, 5.41) is 11.0. The number of fused-ring (bicyclic) bond motifs is 1. The summed E-state index contributed by atoms with van der Waals surface area (Å²) in [6.07, 6.45) is 1.50. The predicted molar refractivity (Wildman–Crippen MR) is 73.0 cm³/mol. The van der Waals surface area contributed by atoms with Gasteiger partial charge in [0.25, 0.3) is 0 Å². The van der Waals surface area contributed by atoms with Gasteiger partial charge in [0, 0.05) is 12.3 Å². The lowest BCUT2D eigenvalue weighted by Crippen LogP contribution is -1.88. The molecule has 0 radical (unpaired) electrons. The van der Waals surface area contributed by atoms with E-state index in [4.69, 9.17) is 10.00 Å². The maximum Gasteiger partial charge on any atom is 0.219 e. The van der Waals surface area contributed by atoms with Crippen molar-refractivity contribution in [1.82, 2.24) is 4.98 Å². The summed E-state index contributed by atoms with van der Waals surface area (Å²) in [7, 11) is 0. The standard InChI is InChI=1S/C16H10N2O/c17-10-12-5-8-16(18-11-12)19-15-7-6-13-3-1-2-4-14(13)9-15/h1-9,11H. The molecule has 1 aromatic heterocycles. The van der Waals surface area contributed by atoms with E-state index in [1.807, 2.05) is 42.5 Å². The van der Waals surface area contributed by atoms with Crippen LogP contribution in [0.25, 0.3) is 10.8 Å². The molecule has 0 fully saturated rings. The van der Waals surface area contributed by atoms with Gasteiger partial charge in [-0.2, -0.15) is 5.26 Å². The summed E-state index contributed by atoms with van der Waals surface area (Å²) in [5.41, 5.74) is 0.519. The smallest absolute Gasteiger partial charge is 0.219 e. The Morgan fingerprint density at radius 3 is 2.53 bits per heavy atom. The quantitative estimate of drug-likeness (QED) is 0.688. The zero-order chi connectivity index (χ0) is 13.1. The van der Waals surface area contributed by atoms with Gasteiger partial charge in [0.1, 0.15) is 11.8 Å². The highest BCUT2D eigenvalue weighted by atomic mass is 16.5. The molecule has 0 N–H and O–H groups in total. The average molecular weight is 246 g/mol. The molecule has 0 bridgehead atoms. The van der Waals surface area contributed by atoms with Crippen LogP contribution in [-0.2, 0) is 0 Å². The van der Waals surface area contributed by atoms with Gasteiger partial charge in [-0.25, -0.2) is 4.98 Å². The number of nitriles is 1. The number of hydrogen-bond donors (Lipinski definition) is 0. The highest BCUT2D eigenvalue weighted by Gasteiger charge is 2.00. The second kappa shape index (κ2) is 4.79. The first-order valence-electron chi connectivity index (χ1n) is 5.88. The van der Waals surface area contributed by atoms with Crippen molar-refractivity contribution in [2.75, 3.05) is 0 Å². The Balaban J connectivity index is 1.90. The fourth-order valence-corrected chi connectivity index (χ4v) is 1.86. The minimum absolute atomic E-state index is 0.481. The largest absolute Gasteiger partial charge is 0.439 e. The Hall–Kier alpha value is -2.86. The van der Waals surface area contributed by atoms with Crippen LogP contribution < -0.4 is 4.74 Å². The van der Waals surface area contributed by atoms with Crippen molar-refractivity contribution in [2.45, 2.75) is 0 Å². The number of benzene rings is 2. The first-order chi connectivity index (χ1) is 9.35. The summed E-state index contributed by atoms with van der Waals surface area (Å²) in [5.74, 6) is 1.21. The van der Waals surface area contributed by atoms with Crippen LogP contribution in [0.3, 0.4) is 0 Å². The predicted octanol–water partition coefficient (Wildman–Crippen LogP) is 3.90. The van der Waals surface area contributed by atoms with Crippen molar-refractivity contribution >= 4 is 10.8 Å². The van der Waals surface area contributed by atoms with E-state index in [9.17, 15) is 0 Å². The van der Waals surface area contributed by atoms with E-state index in [1.54, 1.807) is 12.1 Å². The fourth-order valence-electron chi connectivity index (χ4n) is 1.86. The molecule has 0 unspecified atom stereocenters. The van der Waals surface area contributed by atoms with E-state index in [0.29, 0.717) is 11.4 Å². The third kappa shape index (κ3) is 2.38. The third-order valence-corrected chi connectivity index (χ3v) is 2.81. The van der Waals surface area contributed by atoms with Crippen LogP contribution in [0.4, 0.5) is 0 Å². The molecule has 0 amide bonds. The van der Waals surface area contributed by atoms with Gasteiger partial charge in [0.05, 0.1) is 5.56 Å². The van der Waals surface area contributed by atoms with E-state index >= 15 is 0 Å². The Morgan fingerprint density at radius 2 is 1.79 bits per heavy atom. The molecule has 0 saturated carbocycles. The van der Waals surface area contributed by atoms with E-state index in [1.165, 1.54) is 11.6 Å². The second-order valence-corrected chi connectivity index (χ2v) is 4.11. The molecular weight excluding hydrogens is 236 g/mol. The topological polar surface area (TPSA) is 45.9 Å². The zero-order valence-corrected chi connectivity index (χ0v) is 10.1. The number of aromatic nitrogens is 1. The maximum atomic E-state index is 8.71. The van der Waals surface area contributed by atoms with Gasteiger partial charge < -0.3 is 4.74 Å². The molecule has 90 valence electrons.